The Morgan fingerprint density at radius 2 is 2.00 bits per heavy atom. The van der Waals surface area contributed by atoms with Gasteiger partial charge in [0.1, 0.15) is 12.2 Å². The summed E-state index contributed by atoms with van der Waals surface area (Å²) < 4.78 is 0. The average Bonchev–Trinajstić information content (AvgIpc) is 2.98. The Morgan fingerprint density at radius 1 is 1.30 bits per heavy atom. The highest BCUT2D eigenvalue weighted by atomic mass is 16.3. The molecule has 0 spiro atoms. The van der Waals surface area contributed by atoms with E-state index in [-0.39, 0.29) is 12.5 Å². The van der Waals surface area contributed by atoms with Crippen molar-refractivity contribution >= 4 is 5.91 Å². The molecule has 2 rings (SSSR count). The van der Waals surface area contributed by atoms with Crippen molar-refractivity contribution in [2.45, 2.75) is 19.1 Å². The number of rotatable bonds is 5. The number of nitrogens with one attached hydrogen (secondary N) is 2. The maximum Gasteiger partial charge on any atom is 0.216 e. The summed E-state index contributed by atoms with van der Waals surface area (Å²) in [6.45, 7) is 1.37. The Hall–Kier alpha value is -2.18. The molecule has 1 aromatic carbocycles. The first-order valence-corrected chi connectivity index (χ1v) is 6.28. The fourth-order valence-corrected chi connectivity index (χ4v) is 1.86. The van der Waals surface area contributed by atoms with Gasteiger partial charge in [0.05, 0.1) is 5.69 Å². The van der Waals surface area contributed by atoms with E-state index in [0.717, 1.165) is 11.3 Å². The quantitative estimate of drug-likeness (QED) is 0.642. The summed E-state index contributed by atoms with van der Waals surface area (Å²) in [6.07, 6.45) is -0.426. The predicted molar refractivity (Wildman–Crippen MR) is 73.7 cm³/mol. The van der Waals surface area contributed by atoms with E-state index in [0.29, 0.717) is 5.56 Å². The van der Waals surface area contributed by atoms with E-state index in [9.17, 15) is 15.0 Å². The lowest BCUT2D eigenvalue weighted by atomic mass is 10.0. The number of aliphatic hydroxyl groups is 2. The number of H-pyrrole nitrogens is 1. The number of hydrogen-bond donors (Lipinski definition) is 4. The lowest BCUT2D eigenvalue weighted by Crippen LogP contribution is -2.34. The van der Waals surface area contributed by atoms with Gasteiger partial charge in [-0.1, -0.05) is 24.3 Å². The highest BCUT2D eigenvalue weighted by molar-refractivity contribution is 5.72. The zero-order valence-electron chi connectivity index (χ0n) is 11.1. The summed E-state index contributed by atoms with van der Waals surface area (Å²) >= 11 is 0. The number of aromatic nitrogens is 2. The van der Waals surface area contributed by atoms with E-state index in [2.05, 4.69) is 15.5 Å². The minimum absolute atomic E-state index is 0.0127. The fourth-order valence-electron chi connectivity index (χ4n) is 1.86. The Balaban J connectivity index is 2.03. The highest BCUT2D eigenvalue weighted by Crippen LogP contribution is 2.21. The average molecular weight is 275 g/mol. The Bertz CT molecular complexity index is 552. The number of hydrogen-bond acceptors (Lipinski definition) is 4. The first-order valence-electron chi connectivity index (χ1n) is 6.28. The lowest BCUT2D eigenvalue weighted by Gasteiger charge is -2.18. The van der Waals surface area contributed by atoms with Gasteiger partial charge in [0.15, 0.2) is 0 Å². The zero-order chi connectivity index (χ0) is 14.5. The third kappa shape index (κ3) is 3.43. The first-order chi connectivity index (χ1) is 9.58. The van der Waals surface area contributed by atoms with Gasteiger partial charge < -0.3 is 15.5 Å². The van der Waals surface area contributed by atoms with Crippen molar-refractivity contribution < 1.29 is 15.0 Å². The molecular formula is C14H17N3O3. The molecule has 1 amide bonds. The molecule has 6 nitrogen and oxygen atoms in total. The van der Waals surface area contributed by atoms with Crippen LogP contribution in [0.1, 0.15) is 18.6 Å². The van der Waals surface area contributed by atoms with Crippen LogP contribution in [0.5, 0.6) is 0 Å². The van der Waals surface area contributed by atoms with Gasteiger partial charge in [-0.2, -0.15) is 5.10 Å². The zero-order valence-corrected chi connectivity index (χ0v) is 11.1. The SMILES string of the molecule is CC(=O)NCC(O)C(O)c1ccc(-c2ccn[nH]2)cc1. The molecule has 106 valence electrons. The molecule has 6 heteroatoms. The van der Waals surface area contributed by atoms with E-state index in [4.69, 9.17) is 0 Å². The first kappa shape index (κ1) is 14.2. The van der Waals surface area contributed by atoms with Gasteiger partial charge in [0, 0.05) is 19.7 Å². The molecule has 0 bridgehead atoms. The van der Waals surface area contributed by atoms with Crippen molar-refractivity contribution in [2.24, 2.45) is 0 Å². The van der Waals surface area contributed by atoms with E-state index in [1.54, 1.807) is 18.3 Å². The van der Waals surface area contributed by atoms with Gasteiger partial charge in [-0.3, -0.25) is 9.89 Å². The van der Waals surface area contributed by atoms with E-state index in [1.807, 2.05) is 18.2 Å². The second-order valence-electron chi connectivity index (χ2n) is 4.54. The second-order valence-corrected chi connectivity index (χ2v) is 4.54. The van der Waals surface area contributed by atoms with Crippen molar-refractivity contribution in [1.82, 2.24) is 15.5 Å². The van der Waals surface area contributed by atoms with Gasteiger partial charge in [-0.25, -0.2) is 0 Å². The number of aromatic amines is 1. The van der Waals surface area contributed by atoms with Crippen LogP contribution in [0.25, 0.3) is 11.3 Å². The van der Waals surface area contributed by atoms with Crippen LogP contribution in [-0.2, 0) is 4.79 Å². The molecule has 0 fully saturated rings. The van der Waals surface area contributed by atoms with Crippen LogP contribution in [0.3, 0.4) is 0 Å². The maximum atomic E-state index is 10.8. The minimum atomic E-state index is -1.04. The Kier molecular flexibility index (Phi) is 4.49. The Labute approximate surface area is 116 Å². The molecule has 0 aliphatic heterocycles. The molecule has 2 aromatic rings. The van der Waals surface area contributed by atoms with Gasteiger partial charge in [0.25, 0.3) is 0 Å². The molecule has 0 radical (unpaired) electrons. The third-order valence-electron chi connectivity index (χ3n) is 2.99. The maximum absolute atomic E-state index is 10.8. The summed E-state index contributed by atoms with van der Waals surface area (Å²) in [5, 5.41) is 29.0. The van der Waals surface area contributed by atoms with Crippen molar-refractivity contribution in [3.8, 4) is 11.3 Å². The molecule has 0 saturated heterocycles. The van der Waals surface area contributed by atoms with Crippen LogP contribution in [0.4, 0.5) is 0 Å². The van der Waals surface area contributed by atoms with Crippen LogP contribution < -0.4 is 5.32 Å². The number of carbonyl (C=O) groups excluding carboxylic acids is 1. The van der Waals surface area contributed by atoms with Crippen molar-refractivity contribution in [3.63, 3.8) is 0 Å². The smallest absolute Gasteiger partial charge is 0.216 e. The molecule has 2 atom stereocenters. The van der Waals surface area contributed by atoms with Gasteiger partial charge in [0.2, 0.25) is 5.91 Å². The van der Waals surface area contributed by atoms with E-state index >= 15 is 0 Å². The second kappa shape index (κ2) is 6.31. The molecular weight excluding hydrogens is 258 g/mol. The summed E-state index contributed by atoms with van der Waals surface area (Å²) in [5.74, 6) is -0.245. The Morgan fingerprint density at radius 3 is 2.55 bits per heavy atom. The number of carbonyl (C=O) groups is 1. The highest BCUT2D eigenvalue weighted by Gasteiger charge is 2.18. The van der Waals surface area contributed by atoms with Crippen molar-refractivity contribution in [2.75, 3.05) is 6.54 Å². The van der Waals surface area contributed by atoms with Gasteiger partial charge in [-0.05, 0) is 17.2 Å². The summed E-state index contributed by atoms with van der Waals surface area (Å²) in [7, 11) is 0. The monoisotopic (exact) mass is 275 g/mol. The van der Waals surface area contributed by atoms with Gasteiger partial charge in [-0.15, -0.1) is 0 Å². The van der Waals surface area contributed by atoms with Crippen LogP contribution in [0, 0.1) is 0 Å². The van der Waals surface area contributed by atoms with Crippen molar-refractivity contribution in [3.05, 3.63) is 42.1 Å². The number of amides is 1. The molecule has 0 aliphatic rings. The van der Waals surface area contributed by atoms with E-state index < -0.39 is 12.2 Å². The summed E-state index contributed by atoms with van der Waals surface area (Å²) in [6, 6.07) is 8.97. The molecule has 20 heavy (non-hydrogen) atoms. The van der Waals surface area contributed by atoms with E-state index in [1.165, 1.54) is 6.92 Å². The predicted octanol–water partition coefficient (Wildman–Crippen LogP) is 0.607. The van der Waals surface area contributed by atoms with Crippen LogP contribution in [-0.4, -0.2) is 39.0 Å². The third-order valence-corrected chi connectivity index (χ3v) is 2.99. The number of nitrogens with zero attached hydrogens (tertiary/aromatic N) is 1. The lowest BCUT2D eigenvalue weighted by molar-refractivity contribution is -0.119. The molecule has 4 N–H and O–H groups in total. The van der Waals surface area contributed by atoms with Crippen molar-refractivity contribution in [1.29, 1.82) is 0 Å². The molecule has 0 aliphatic carbocycles. The summed E-state index contributed by atoms with van der Waals surface area (Å²) in [5.41, 5.74) is 2.41. The molecule has 1 heterocycles. The molecule has 0 saturated carbocycles. The fraction of sp³-hybridized carbons (Fsp3) is 0.286. The number of benzene rings is 1. The molecule has 1 aromatic heterocycles. The topological polar surface area (TPSA) is 98.2 Å². The normalized spacial score (nSPS) is 13.8. The summed E-state index contributed by atoms with van der Waals surface area (Å²) in [4.78, 5) is 10.8. The minimum Gasteiger partial charge on any atom is -0.388 e. The largest absolute Gasteiger partial charge is 0.388 e. The number of aliphatic hydroxyl groups excluding tert-OH is 2. The van der Waals surface area contributed by atoms with Crippen LogP contribution in [0.15, 0.2) is 36.5 Å². The standard InChI is InChI=1S/C14H17N3O3/c1-9(18)15-8-13(19)14(20)11-4-2-10(3-5-11)12-6-7-16-17-12/h2-7,13-14,19-20H,8H2,1H3,(H,15,18)(H,16,17). The molecule has 2 unspecified atom stereocenters. The van der Waals surface area contributed by atoms with Crippen LogP contribution >= 0.6 is 0 Å². The van der Waals surface area contributed by atoms with Crippen LogP contribution in [0.2, 0.25) is 0 Å². The van der Waals surface area contributed by atoms with Gasteiger partial charge >= 0.3 is 0 Å².